The van der Waals surface area contributed by atoms with Crippen LogP contribution in [0.15, 0.2) is 24.3 Å². The van der Waals surface area contributed by atoms with Crippen LogP contribution in [0.5, 0.6) is 0 Å². The Labute approximate surface area is 175 Å². The van der Waals surface area contributed by atoms with Gasteiger partial charge in [-0.1, -0.05) is 20.8 Å². The fourth-order valence-corrected chi connectivity index (χ4v) is 4.42. The highest BCUT2D eigenvalue weighted by atomic mass is 32.1. The molecule has 1 aromatic carbocycles. The molecule has 0 aliphatic carbocycles. The topological polar surface area (TPSA) is 75.7 Å². The van der Waals surface area contributed by atoms with Crippen molar-refractivity contribution in [3.05, 3.63) is 29.1 Å². The molecule has 1 aliphatic heterocycles. The Hall–Kier alpha value is -2.41. The molecule has 1 aliphatic rings. The zero-order valence-electron chi connectivity index (χ0n) is 17.4. The molecule has 0 saturated carbocycles. The molecule has 3 rings (SSSR count). The van der Waals surface area contributed by atoms with E-state index in [1.54, 1.807) is 13.0 Å². The van der Waals surface area contributed by atoms with Gasteiger partial charge in [0.25, 0.3) is 0 Å². The number of fused-ring (bicyclic) bond motifs is 1. The minimum atomic E-state index is -0.395. The van der Waals surface area contributed by atoms with Crippen LogP contribution in [0, 0.1) is 11.3 Å². The smallest absolute Gasteiger partial charge is 0.348 e. The minimum Gasteiger partial charge on any atom is -0.462 e. The number of nitrogens with one attached hydrogen (secondary N) is 1. The minimum absolute atomic E-state index is 0.0203. The predicted octanol–water partition coefficient (Wildman–Crippen LogP) is 4.30. The number of carbonyl (C=O) groups excluding carboxylic acids is 3. The van der Waals surface area contributed by atoms with Gasteiger partial charge in [0.2, 0.25) is 11.8 Å². The summed E-state index contributed by atoms with van der Waals surface area (Å²) < 4.78 is 6.02. The second-order valence-electron chi connectivity index (χ2n) is 8.39. The largest absolute Gasteiger partial charge is 0.462 e. The number of amides is 2. The lowest BCUT2D eigenvalue weighted by molar-refractivity contribution is -0.142. The average molecular weight is 417 g/mol. The lowest BCUT2D eigenvalue weighted by atomic mass is 9.90. The molecule has 1 saturated heterocycles. The lowest BCUT2D eigenvalue weighted by Crippen LogP contribution is -2.45. The highest BCUT2D eigenvalue weighted by Gasteiger charge is 2.32. The Morgan fingerprint density at radius 2 is 1.86 bits per heavy atom. The lowest BCUT2D eigenvalue weighted by Gasteiger charge is -2.35. The number of benzene rings is 1. The number of anilines is 1. The number of rotatable bonds is 4. The molecular formula is C22H28N2O4S. The second kappa shape index (κ2) is 8.53. The molecule has 7 heteroatoms. The molecule has 0 bridgehead atoms. The summed E-state index contributed by atoms with van der Waals surface area (Å²) in [5, 5.41) is 3.89. The molecule has 29 heavy (non-hydrogen) atoms. The molecule has 1 aromatic heterocycles. The number of ether oxygens (including phenoxy) is 1. The summed E-state index contributed by atoms with van der Waals surface area (Å²) >= 11 is 1.38. The zero-order valence-corrected chi connectivity index (χ0v) is 18.2. The number of likely N-dealkylation sites (tertiary alicyclic amines) is 1. The van der Waals surface area contributed by atoms with Crippen molar-refractivity contribution in [3.8, 4) is 0 Å². The summed E-state index contributed by atoms with van der Waals surface area (Å²) in [5.74, 6) is -0.312. The van der Waals surface area contributed by atoms with Crippen molar-refractivity contribution in [2.24, 2.45) is 11.3 Å². The van der Waals surface area contributed by atoms with Gasteiger partial charge in [-0.15, -0.1) is 11.3 Å². The van der Waals surface area contributed by atoms with Crippen molar-refractivity contribution in [3.63, 3.8) is 0 Å². The first-order valence-electron chi connectivity index (χ1n) is 10.00. The Balaban J connectivity index is 1.61. The third kappa shape index (κ3) is 4.96. The molecule has 1 N–H and O–H groups in total. The van der Waals surface area contributed by atoms with Crippen LogP contribution in [0.2, 0.25) is 0 Å². The van der Waals surface area contributed by atoms with Crippen molar-refractivity contribution >= 4 is 44.9 Å². The van der Waals surface area contributed by atoms with Gasteiger partial charge in [-0.3, -0.25) is 9.59 Å². The highest BCUT2D eigenvalue weighted by Crippen LogP contribution is 2.30. The maximum Gasteiger partial charge on any atom is 0.348 e. The van der Waals surface area contributed by atoms with E-state index >= 15 is 0 Å². The van der Waals surface area contributed by atoms with Crippen LogP contribution in [0.3, 0.4) is 0 Å². The first kappa shape index (κ1) is 21.3. The Bertz CT molecular complexity index is 921. The summed E-state index contributed by atoms with van der Waals surface area (Å²) in [4.78, 5) is 39.4. The summed E-state index contributed by atoms with van der Waals surface area (Å²) in [6.07, 6.45) is 1.34. The normalized spacial score (nSPS) is 15.4. The van der Waals surface area contributed by atoms with E-state index in [1.807, 2.05) is 43.9 Å². The fraction of sp³-hybridized carbons (Fsp3) is 0.500. The van der Waals surface area contributed by atoms with Gasteiger partial charge in [-0.2, -0.15) is 0 Å². The van der Waals surface area contributed by atoms with Gasteiger partial charge in [0.1, 0.15) is 4.88 Å². The van der Waals surface area contributed by atoms with E-state index in [4.69, 9.17) is 4.74 Å². The number of hydrogen-bond donors (Lipinski definition) is 1. The van der Waals surface area contributed by atoms with Crippen molar-refractivity contribution in [1.29, 1.82) is 0 Å². The Morgan fingerprint density at radius 1 is 1.17 bits per heavy atom. The van der Waals surface area contributed by atoms with Gasteiger partial charge in [0.05, 0.1) is 6.61 Å². The first-order valence-corrected chi connectivity index (χ1v) is 10.8. The molecule has 2 amide bonds. The van der Waals surface area contributed by atoms with Crippen LogP contribution >= 0.6 is 11.3 Å². The maximum atomic E-state index is 12.7. The number of hydrogen-bond acceptors (Lipinski definition) is 5. The predicted molar refractivity (Wildman–Crippen MR) is 115 cm³/mol. The number of carbonyl (C=O) groups is 3. The third-order valence-electron chi connectivity index (χ3n) is 5.06. The van der Waals surface area contributed by atoms with Crippen LogP contribution in [0.25, 0.3) is 10.1 Å². The van der Waals surface area contributed by atoms with E-state index in [1.165, 1.54) is 11.3 Å². The maximum absolute atomic E-state index is 12.7. The summed E-state index contributed by atoms with van der Waals surface area (Å²) in [6, 6.07) is 7.43. The molecule has 0 spiro atoms. The monoisotopic (exact) mass is 416 g/mol. The van der Waals surface area contributed by atoms with E-state index < -0.39 is 5.41 Å². The van der Waals surface area contributed by atoms with Crippen molar-refractivity contribution < 1.29 is 19.1 Å². The molecule has 2 heterocycles. The second-order valence-corrected chi connectivity index (χ2v) is 9.47. The van der Waals surface area contributed by atoms with E-state index in [0.29, 0.717) is 43.1 Å². The quantitative estimate of drug-likeness (QED) is 0.754. The Kier molecular flexibility index (Phi) is 6.27. The molecule has 0 unspecified atom stereocenters. The van der Waals surface area contributed by atoms with E-state index in [-0.39, 0.29) is 23.7 Å². The molecule has 2 aromatic rings. The molecular weight excluding hydrogens is 388 g/mol. The average Bonchev–Trinajstić information content (AvgIpc) is 3.10. The van der Waals surface area contributed by atoms with Gasteiger partial charge in [0.15, 0.2) is 0 Å². The van der Waals surface area contributed by atoms with E-state index in [0.717, 1.165) is 10.1 Å². The van der Waals surface area contributed by atoms with Gasteiger partial charge in [-0.25, -0.2) is 4.79 Å². The summed E-state index contributed by atoms with van der Waals surface area (Å²) in [7, 11) is 0. The summed E-state index contributed by atoms with van der Waals surface area (Å²) in [5.41, 5.74) is 0.317. The van der Waals surface area contributed by atoms with Crippen molar-refractivity contribution in [1.82, 2.24) is 4.90 Å². The van der Waals surface area contributed by atoms with E-state index in [2.05, 4.69) is 5.32 Å². The molecule has 156 valence electrons. The Morgan fingerprint density at radius 3 is 2.48 bits per heavy atom. The molecule has 0 atom stereocenters. The van der Waals surface area contributed by atoms with Gasteiger partial charge >= 0.3 is 5.97 Å². The number of nitrogens with zero attached hydrogens (tertiary/aromatic N) is 1. The van der Waals surface area contributed by atoms with E-state index in [9.17, 15) is 14.4 Å². The zero-order chi connectivity index (χ0) is 21.2. The highest BCUT2D eigenvalue weighted by molar-refractivity contribution is 7.20. The van der Waals surface area contributed by atoms with Crippen LogP contribution in [-0.4, -0.2) is 42.4 Å². The molecule has 1 fully saturated rings. The fourth-order valence-electron chi connectivity index (χ4n) is 3.49. The van der Waals surface area contributed by atoms with Crippen LogP contribution in [-0.2, 0) is 14.3 Å². The number of piperidine rings is 1. The van der Waals surface area contributed by atoms with Crippen LogP contribution in [0.4, 0.5) is 5.69 Å². The van der Waals surface area contributed by atoms with Gasteiger partial charge in [0, 0.05) is 34.8 Å². The molecule has 0 radical (unpaired) electrons. The van der Waals surface area contributed by atoms with Crippen LogP contribution < -0.4 is 5.32 Å². The summed E-state index contributed by atoms with van der Waals surface area (Å²) in [6.45, 7) is 9.10. The van der Waals surface area contributed by atoms with Gasteiger partial charge in [-0.05, 0) is 49.4 Å². The molecule has 6 nitrogen and oxygen atoms in total. The van der Waals surface area contributed by atoms with Crippen molar-refractivity contribution in [2.75, 3.05) is 25.0 Å². The number of thiophene rings is 1. The number of esters is 1. The third-order valence-corrected chi connectivity index (χ3v) is 6.15. The van der Waals surface area contributed by atoms with Crippen LogP contribution in [0.1, 0.15) is 50.2 Å². The van der Waals surface area contributed by atoms with Gasteiger partial charge < -0.3 is 15.0 Å². The standard InChI is InChI=1S/C22H28N2O4S/c1-5-28-20(26)18-13-15-12-16(6-7-17(15)29-18)23-19(25)14-8-10-24(11-9-14)21(27)22(2,3)4/h6-7,12-14H,5,8-11H2,1-4H3,(H,23,25). The first-order chi connectivity index (χ1) is 13.7. The van der Waals surface area contributed by atoms with Crippen molar-refractivity contribution in [2.45, 2.75) is 40.5 Å². The SMILES string of the molecule is CCOC(=O)c1cc2cc(NC(=O)C3CCN(C(=O)C(C)(C)C)CC3)ccc2s1.